The van der Waals surface area contributed by atoms with Crippen molar-refractivity contribution in [2.45, 2.75) is 38.1 Å². The third kappa shape index (κ3) is 3.56. The van der Waals surface area contributed by atoms with Crippen LogP contribution in [0, 0.1) is 6.92 Å². The van der Waals surface area contributed by atoms with E-state index in [1.807, 2.05) is 0 Å². The van der Waals surface area contributed by atoms with Gasteiger partial charge in [0.1, 0.15) is 0 Å². The lowest BCUT2D eigenvalue weighted by atomic mass is 9.95. The number of nitrogens with two attached hydrogens (primary N) is 1. The Morgan fingerprint density at radius 3 is 2.59 bits per heavy atom. The van der Waals surface area contributed by atoms with E-state index in [-0.39, 0.29) is 11.8 Å². The van der Waals surface area contributed by atoms with Crippen LogP contribution in [0.2, 0.25) is 0 Å². The normalized spacial score (nSPS) is 16.6. The van der Waals surface area contributed by atoms with E-state index in [4.69, 9.17) is 5.73 Å². The summed E-state index contributed by atoms with van der Waals surface area (Å²) in [6, 6.07) is 8.70. The molecule has 3 N–H and O–H groups in total. The van der Waals surface area contributed by atoms with Gasteiger partial charge in [0.25, 0.3) is 0 Å². The average molecular weight is 232 g/mol. The van der Waals surface area contributed by atoms with E-state index in [1.54, 1.807) is 0 Å². The molecular weight excluding hydrogens is 212 g/mol. The number of carbonyl (C=O) groups excluding carboxylic acids is 1. The summed E-state index contributed by atoms with van der Waals surface area (Å²) in [7, 11) is 0. The van der Waals surface area contributed by atoms with Gasteiger partial charge in [-0.2, -0.15) is 0 Å². The number of amides is 1. The molecule has 1 aliphatic carbocycles. The number of carbonyl (C=O) groups is 1. The fourth-order valence-electron chi connectivity index (χ4n) is 1.91. The first kappa shape index (κ1) is 12.1. The second kappa shape index (κ2) is 5.32. The molecule has 0 aliphatic heterocycles. The van der Waals surface area contributed by atoms with Gasteiger partial charge in [-0.3, -0.25) is 4.79 Å². The maximum atomic E-state index is 11.7. The summed E-state index contributed by atoms with van der Waals surface area (Å²) in [6.45, 7) is 2.57. The molecule has 0 saturated heterocycles. The average Bonchev–Trinajstić information content (AvgIpc) is 3.11. The number of nitrogens with one attached hydrogen (secondary N) is 1. The first-order valence-corrected chi connectivity index (χ1v) is 6.25. The number of rotatable bonds is 5. The molecule has 1 unspecified atom stereocenters. The Kier molecular flexibility index (Phi) is 3.79. The van der Waals surface area contributed by atoms with Crippen LogP contribution in [0.4, 0.5) is 0 Å². The van der Waals surface area contributed by atoms with Crippen molar-refractivity contribution in [2.75, 3.05) is 6.54 Å². The first-order valence-electron chi connectivity index (χ1n) is 6.25. The molecule has 0 radical (unpaired) electrons. The molecule has 1 aliphatic rings. The quantitative estimate of drug-likeness (QED) is 0.812. The van der Waals surface area contributed by atoms with Gasteiger partial charge in [0.15, 0.2) is 0 Å². The van der Waals surface area contributed by atoms with E-state index in [0.717, 1.165) is 18.4 Å². The van der Waals surface area contributed by atoms with E-state index in [1.165, 1.54) is 5.56 Å². The summed E-state index contributed by atoms with van der Waals surface area (Å²) in [5.74, 6) is 0.262. The van der Waals surface area contributed by atoms with Crippen LogP contribution in [-0.4, -0.2) is 18.5 Å². The molecule has 17 heavy (non-hydrogen) atoms. The van der Waals surface area contributed by atoms with Crippen LogP contribution < -0.4 is 11.1 Å². The van der Waals surface area contributed by atoms with Crippen LogP contribution in [-0.2, 0) is 4.79 Å². The minimum absolute atomic E-state index is 0.128. The van der Waals surface area contributed by atoms with E-state index < -0.39 is 0 Å². The Balaban J connectivity index is 1.94. The number of benzene rings is 1. The highest BCUT2D eigenvalue weighted by atomic mass is 16.1. The van der Waals surface area contributed by atoms with Gasteiger partial charge in [0, 0.05) is 18.4 Å². The molecule has 1 aromatic rings. The van der Waals surface area contributed by atoms with E-state index in [9.17, 15) is 4.79 Å². The Labute approximate surface area is 102 Å². The van der Waals surface area contributed by atoms with Crippen molar-refractivity contribution in [3.8, 4) is 0 Å². The van der Waals surface area contributed by atoms with Crippen LogP contribution >= 0.6 is 0 Å². The Morgan fingerprint density at radius 1 is 1.41 bits per heavy atom. The smallest absolute Gasteiger partial charge is 0.220 e. The first-order chi connectivity index (χ1) is 8.19. The van der Waals surface area contributed by atoms with Gasteiger partial charge >= 0.3 is 0 Å². The van der Waals surface area contributed by atoms with Gasteiger partial charge in [-0.25, -0.2) is 0 Å². The number of hydrogen-bond acceptors (Lipinski definition) is 2. The van der Waals surface area contributed by atoms with Gasteiger partial charge in [-0.1, -0.05) is 29.8 Å². The number of hydrogen-bond donors (Lipinski definition) is 2. The zero-order valence-corrected chi connectivity index (χ0v) is 10.3. The molecule has 0 aromatic heterocycles. The summed E-state index contributed by atoms with van der Waals surface area (Å²) in [5, 5.41) is 3.01. The highest BCUT2D eigenvalue weighted by Gasteiger charge is 2.24. The second-order valence-corrected chi connectivity index (χ2v) is 4.89. The van der Waals surface area contributed by atoms with Crippen molar-refractivity contribution < 1.29 is 4.79 Å². The predicted molar refractivity (Wildman–Crippen MR) is 68.8 cm³/mol. The molecule has 1 fully saturated rings. The molecule has 0 bridgehead atoms. The lowest BCUT2D eigenvalue weighted by Gasteiger charge is -2.15. The summed E-state index contributed by atoms with van der Waals surface area (Å²) in [4.78, 5) is 11.7. The molecule has 3 nitrogen and oxygen atoms in total. The molecule has 92 valence electrons. The lowest BCUT2D eigenvalue weighted by Crippen LogP contribution is -2.28. The fourth-order valence-corrected chi connectivity index (χ4v) is 1.91. The minimum Gasteiger partial charge on any atom is -0.353 e. The molecule has 1 amide bonds. The van der Waals surface area contributed by atoms with Crippen LogP contribution in [0.5, 0.6) is 0 Å². The van der Waals surface area contributed by atoms with E-state index in [2.05, 4.69) is 36.5 Å². The second-order valence-electron chi connectivity index (χ2n) is 4.89. The fraction of sp³-hybridized carbons (Fsp3) is 0.500. The SMILES string of the molecule is Cc1ccc(C(CN)CC(=O)NC2CC2)cc1. The molecule has 0 heterocycles. The topological polar surface area (TPSA) is 55.1 Å². The minimum atomic E-state index is 0.128. The van der Waals surface area contributed by atoms with Crippen molar-refractivity contribution >= 4 is 5.91 Å². The van der Waals surface area contributed by atoms with Crippen LogP contribution in [0.3, 0.4) is 0 Å². The van der Waals surface area contributed by atoms with Crippen molar-refractivity contribution in [1.29, 1.82) is 0 Å². The van der Waals surface area contributed by atoms with Crippen LogP contribution in [0.1, 0.15) is 36.3 Å². The van der Waals surface area contributed by atoms with Crippen molar-refractivity contribution in [1.82, 2.24) is 5.32 Å². The summed E-state index contributed by atoms with van der Waals surface area (Å²) in [6.07, 6.45) is 2.75. The highest BCUT2D eigenvalue weighted by molar-refractivity contribution is 5.77. The van der Waals surface area contributed by atoms with Gasteiger partial charge in [0.05, 0.1) is 0 Å². The molecule has 1 aromatic carbocycles. The molecule has 2 rings (SSSR count). The highest BCUT2D eigenvalue weighted by Crippen LogP contribution is 2.22. The third-order valence-electron chi connectivity index (χ3n) is 3.21. The molecule has 1 saturated carbocycles. The van der Waals surface area contributed by atoms with Crippen molar-refractivity contribution in [2.24, 2.45) is 5.73 Å². The van der Waals surface area contributed by atoms with Crippen LogP contribution in [0.15, 0.2) is 24.3 Å². The molecular formula is C14H20N2O. The van der Waals surface area contributed by atoms with Crippen LogP contribution in [0.25, 0.3) is 0 Å². The van der Waals surface area contributed by atoms with E-state index in [0.29, 0.717) is 19.0 Å². The third-order valence-corrected chi connectivity index (χ3v) is 3.21. The predicted octanol–water partition coefficient (Wildman–Crippen LogP) is 1.71. The zero-order chi connectivity index (χ0) is 12.3. The molecule has 1 atom stereocenters. The number of aryl methyl sites for hydroxylation is 1. The van der Waals surface area contributed by atoms with Crippen molar-refractivity contribution in [3.63, 3.8) is 0 Å². The monoisotopic (exact) mass is 232 g/mol. The largest absolute Gasteiger partial charge is 0.353 e. The Morgan fingerprint density at radius 2 is 2.06 bits per heavy atom. The maximum Gasteiger partial charge on any atom is 0.220 e. The lowest BCUT2D eigenvalue weighted by molar-refractivity contribution is -0.121. The van der Waals surface area contributed by atoms with E-state index >= 15 is 0 Å². The summed E-state index contributed by atoms with van der Waals surface area (Å²) in [5.41, 5.74) is 8.14. The Hall–Kier alpha value is -1.35. The molecule has 0 spiro atoms. The van der Waals surface area contributed by atoms with Gasteiger partial charge < -0.3 is 11.1 Å². The standard InChI is InChI=1S/C14H20N2O/c1-10-2-4-11(5-3-10)12(9-15)8-14(17)16-13-6-7-13/h2-5,12-13H,6-9,15H2,1H3,(H,16,17). The Bertz CT molecular complexity index is 382. The van der Waals surface area contributed by atoms with Crippen molar-refractivity contribution in [3.05, 3.63) is 35.4 Å². The summed E-state index contributed by atoms with van der Waals surface area (Å²) >= 11 is 0. The zero-order valence-electron chi connectivity index (χ0n) is 10.3. The van der Waals surface area contributed by atoms with Gasteiger partial charge in [-0.05, 0) is 31.9 Å². The van der Waals surface area contributed by atoms with Gasteiger partial charge in [0.2, 0.25) is 5.91 Å². The molecule has 3 heteroatoms. The maximum absolute atomic E-state index is 11.7. The summed E-state index contributed by atoms with van der Waals surface area (Å²) < 4.78 is 0. The van der Waals surface area contributed by atoms with Gasteiger partial charge in [-0.15, -0.1) is 0 Å².